The van der Waals surface area contributed by atoms with Crippen LogP contribution in [0.4, 0.5) is 5.69 Å². The SMILES string of the molecule is CC(=O)Nc1ccc(S(=O)(=O)NCC2CCN(S(=O)(=O)c3cccnc3)CC2)c(C)c1. The lowest BCUT2D eigenvalue weighted by Gasteiger charge is -2.31. The summed E-state index contributed by atoms with van der Waals surface area (Å²) < 4.78 is 54.9. The van der Waals surface area contributed by atoms with Gasteiger partial charge >= 0.3 is 0 Å². The summed E-state index contributed by atoms with van der Waals surface area (Å²) >= 11 is 0. The molecule has 31 heavy (non-hydrogen) atoms. The highest BCUT2D eigenvalue weighted by Gasteiger charge is 2.30. The molecule has 1 aromatic heterocycles. The maximum atomic E-state index is 12.7. The number of anilines is 1. The number of aryl methyl sites for hydroxylation is 1. The van der Waals surface area contributed by atoms with E-state index in [4.69, 9.17) is 0 Å². The molecule has 3 rings (SSSR count). The first-order chi connectivity index (χ1) is 14.6. The lowest BCUT2D eigenvalue weighted by atomic mass is 9.99. The van der Waals surface area contributed by atoms with E-state index in [1.165, 1.54) is 35.8 Å². The summed E-state index contributed by atoms with van der Waals surface area (Å²) in [6.07, 6.45) is 3.96. The van der Waals surface area contributed by atoms with Crippen molar-refractivity contribution in [1.29, 1.82) is 0 Å². The third-order valence-corrected chi connectivity index (χ3v) is 8.66. The van der Waals surface area contributed by atoms with E-state index >= 15 is 0 Å². The van der Waals surface area contributed by atoms with Crippen molar-refractivity contribution in [3.8, 4) is 0 Å². The second-order valence-corrected chi connectivity index (χ2v) is 11.2. The number of pyridine rings is 1. The molecule has 0 spiro atoms. The van der Waals surface area contributed by atoms with Crippen LogP contribution < -0.4 is 10.0 Å². The van der Waals surface area contributed by atoms with Gasteiger partial charge in [-0.1, -0.05) is 0 Å². The van der Waals surface area contributed by atoms with Crippen molar-refractivity contribution in [3.63, 3.8) is 0 Å². The molecule has 0 atom stereocenters. The highest BCUT2D eigenvalue weighted by Crippen LogP contribution is 2.24. The Morgan fingerprint density at radius 2 is 1.87 bits per heavy atom. The molecule has 2 heterocycles. The molecule has 0 saturated carbocycles. The van der Waals surface area contributed by atoms with Crippen LogP contribution in [0.3, 0.4) is 0 Å². The number of amides is 1. The van der Waals surface area contributed by atoms with Crippen LogP contribution in [-0.4, -0.2) is 51.7 Å². The highest BCUT2D eigenvalue weighted by atomic mass is 32.2. The number of hydrogen-bond donors (Lipinski definition) is 2. The number of rotatable bonds is 7. The molecule has 1 fully saturated rings. The third-order valence-electron chi connectivity index (χ3n) is 5.19. The predicted molar refractivity (Wildman–Crippen MR) is 116 cm³/mol. The number of benzene rings is 1. The Labute approximate surface area is 183 Å². The third kappa shape index (κ3) is 5.67. The molecule has 1 amide bonds. The maximum absolute atomic E-state index is 12.7. The van der Waals surface area contributed by atoms with Crippen LogP contribution in [0.5, 0.6) is 0 Å². The minimum atomic E-state index is -3.72. The van der Waals surface area contributed by atoms with Gasteiger partial charge in [-0.15, -0.1) is 0 Å². The summed E-state index contributed by atoms with van der Waals surface area (Å²) in [5.74, 6) is -0.195. The van der Waals surface area contributed by atoms with Crippen molar-refractivity contribution >= 4 is 31.6 Å². The van der Waals surface area contributed by atoms with Crippen LogP contribution in [0.15, 0.2) is 52.5 Å². The number of carbonyl (C=O) groups excluding carboxylic acids is 1. The Morgan fingerprint density at radius 3 is 2.45 bits per heavy atom. The summed E-state index contributed by atoms with van der Waals surface area (Å²) in [7, 11) is -7.31. The van der Waals surface area contributed by atoms with Crippen LogP contribution in [0.1, 0.15) is 25.3 Å². The molecule has 11 heteroatoms. The normalized spacial score (nSPS) is 16.2. The van der Waals surface area contributed by atoms with Crippen LogP contribution >= 0.6 is 0 Å². The largest absolute Gasteiger partial charge is 0.326 e. The van der Waals surface area contributed by atoms with Gasteiger partial charge in [0.2, 0.25) is 26.0 Å². The fraction of sp³-hybridized carbons (Fsp3) is 0.400. The smallest absolute Gasteiger partial charge is 0.244 e. The first kappa shape index (κ1) is 23.3. The summed E-state index contributed by atoms with van der Waals surface area (Å²) in [5.41, 5.74) is 1.06. The zero-order valence-corrected chi connectivity index (χ0v) is 19.0. The topological polar surface area (TPSA) is 126 Å². The van der Waals surface area contributed by atoms with Crippen LogP contribution in [0.2, 0.25) is 0 Å². The van der Waals surface area contributed by atoms with Crippen LogP contribution in [0, 0.1) is 12.8 Å². The molecule has 1 aliphatic heterocycles. The zero-order chi connectivity index (χ0) is 22.6. The summed E-state index contributed by atoms with van der Waals surface area (Å²) in [5, 5.41) is 2.62. The van der Waals surface area contributed by atoms with Gasteiger partial charge in [0, 0.05) is 44.6 Å². The van der Waals surface area contributed by atoms with Gasteiger partial charge in [-0.25, -0.2) is 21.6 Å². The molecule has 2 N–H and O–H groups in total. The minimum absolute atomic E-state index is 0.0362. The number of sulfonamides is 2. The standard InChI is InChI=1S/C20H26N4O5S2/c1-15-12-18(23-16(2)25)5-6-20(15)30(26,27)22-13-17-7-10-24(11-8-17)31(28,29)19-4-3-9-21-14-19/h3-6,9,12,14,17,22H,7-8,10-11,13H2,1-2H3,(H,23,25). The molecular formula is C20H26N4O5S2. The second kappa shape index (κ2) is 9.43. The van der Waals surface area contributed by atoms with E-state index in [0.29, 0.717) is 37.2 Å². The first-order valence-corrected chi connectivity index (χ1v) is 12.8. The number of nitrogens with one attached hydrogen (secondary N) is 2. The number of piperidine rings is 1. The van der Waals surface area contributed by atoms with E-state index in [1.807, 2.05) is 0 Å². The van der Waals surface area contributed by atoms with E-state index in [1.54, 1.807) is 25.1 Å². The van der Waals surface area contributed by atoms with Crippen LogP contribution in [-0.2, 0) is 24.8 Å². The van der Waals surface area contributed by atoms with Gasteiger partial charge in [-0.2, -0.15) is 4.31 Å². The van der Waals surface area contributed by atoms with E-state index in [0.717, 1.165) is 0 Å². The van der Waals surface area contributed by atoms with Crippen molar-refractivity contribution in [2.75, 3.05) is 25.0 Å². The molecule has 1 saturated heterocycles. The Bertz CT molecular complexity index is 1140. The molecule has 9 nitrogen and oxygen atoms in total. The Hall–Kier alpha value is -2.34. The van der Waals surface area contributed by atoms with Gasteiger partial charge in [0.15, 0.2) is 0 Å². The molecule has 0 unspecified atom stereocenters. The quantitative estimate of drug-likeness (QED) is 0.640. The average Bonchev–Trinajstić information content (AvgIpc) is 2.73. The summed E-state index contributed by atoms with van der Waals surface area (Å²) in [6, 6.07) is 7.72. The highest BCUT2D eigenvalue weighted by molar-refractivity contribution is 7.89. The van der Waals surface area contributed by atoms with Crippen molar-refractivity contribution < 1.29 is 21.6 Å². The minimum Gasteiger partial charge on any atom is -0.326 e. The van der Waals surface area contributed by atoms with Crippen molar-refractivity contribution in [1.82, 2.24) is 14.0 Å². The molecule has 0 aliphatic carbocycles. The Kier molecular flexibility index (Phi) is 7.10. The lowest BCUT2D eigenvalue weighted by molar-refractivity contribution is -0.114. The van der Waals surface area contributed by atoms with E-state index in [2.05, 4.69) is 15.0 Å². The summed E-state index contributed by atoms with van der Waals surface area (Å²) in [4.78, 5) is 15.3. The Morgan fingerprint density at radius 1 is 1.16 bits per heavy atom. The van der Waals surface area contributed by atoms with Crippen molar-refractivity contribution in [3.05, 3.63) is 48.3 Å². The van der Waals surface area contributed by atoms with Gasteiger partial charge in [0.1, 0.15) is 4.90 Å². The molecule has 1 aliphatic rings. The predicted octanol–water partition coefficient (Wildman–Crippen LogP) is 1.73. The average molecular weight is 467 g/mol. The summed E-state index contributed by atoms with van der Waals surface area (Å²) in [6.45, 7) is 3.94. The van der Waals surface area contributed by atoms with Crippen LogP contribution in [0.25, 0.3) is 0 Å². The van der Waals surface area contributed by atoms with Gasteiger partial charge in [0.05, 0.1) is 4.90 Å². The first-order valence-electron chi connectivity index (χ1n) is 9.87. The molecule has 2 aromatic rings. The monoisotopic (exact) mass is 466 g/mol. The van der Waals surface area contributed by atoms with Gasteiger partial charge in [0.25, 0.3) is 0 Å². The molecule has 0 radical (unpaired) electrons. The van der Waals surface area contributed by atoms with E-state index in [-0.39, 0.29) is 28.2 Å². The molecule has 168 valence electrons. The van der Waals surface area contributed by atoms with E-state index in [9.17, 15) is 21.6 Å². The Balaban J connectivity index is 1.58. The molecular weight excluding hydrogens is 440 g/mol. The zero-order valence-electron chi connectivity index (χ0n) is 17.4. The van der Waals surface area contributed by atoms with Gasteiger partial charge in [-0.3, -0.25) is 9.78 Å². The maximum Gasteiger partial charge on any atom is 0.244 e. The van der Waals surface area contributed by atoms with E-state index < -0.39 is 20.0 Å². The fourth-order valence-electron chi connectivity index (χ4n) is 3.54. The number of hydrogen-bond acceptors (Lipinski definition) is 6. The van der Waals surface area contributed by atoms with Gasteiger partial charge < -0.3 is 5.32 Å². The second-order valence-electron chi connectivity index (χ2n) is 7.55. The number of carbonyl (C=O) groups is 1. The fourth-order valence-corrected chi connectivity index (χ4v) is 6.31. The lowest BCUT2D eigenvalue weighted by Crippen LogP contribution is -2.41. The number of aromatic nitrogens is 1. The molecule has 1 aromatic carbocycles. The van der Waals surface area contributed by atoms with Crippen molar-refractivity contribution in [2.45, 2.75) is 36.5 Å². The molecule has 0 bridgehead atoms. The van der Waals surface area contributed by atoms with Gasteiger partial charge in [-0.05, 0) is 61.6 Å². The number of nitrogens with zero attached hydrogens (tertiary/aromatic N) is 2. The van der Waals surface area contributed by atoms with Crippen molar-refractivity contribution in [2.24, 2.45) is 5.92 Å².